The van der Waals surface area contributed by atoms with Gasteiger partial charge in [0.1, 0.15) is 11.0 Å². The number of aromatic amines is 1. The quantitative estimate of drug-likeness (QED) is 0.409. The van der Waals surface area contributed by atoms with Crippen LogP contribution in [0.15, 0.2) is 76.4 Å². The van der Waals surface area contributed by atoms with E-state index < -0.39 is 5.25 Å². The van der Waals surface area contributed by atoms with E-state index in [9.17, 15) is 4.79 Å². The molecule has 30 heavy (non-hydrogen) atoms. The molecule has 2 aromatic carbocycles. The molecule has 0 fully saturated rings. The molecule has 4 rings (SSSR count). The van der Waals surface area contributed by atoms with Crippen LogP contribution in [-0.4, -0.2) is 21.0 Å². The third kappa shape index (κ3) is 4.80. The highest BCUT2D eigenvalue weighted by Gasteiger charge is 2.25. The summed E-state index contributed by atoms with van der Waals surface area (Å²) in [5, 5.41) is 6.92. The van der Waals surface area contributed by atoms with E-state index in [2.05, 4.69) is 27.6 Å². The third-order valence-electron chi connectivity index (χ3n) is 4.63. The number of H-pyrrole nitrogens is 1. The molecule has 0 bridgehead atoms. The van der Waals surface area contributed by atoms with Crippen molar-refractivity contribution in [1.82, 2.24) is 15.1 Å². The standard InChI is InChI=1S/C23H22N4O2S/c1-15-13-20(27-29-15)26-22(28)21(18-11-7-4-8-12-18)30-23-24-16(2)19(25-23)14-17-9-5-3-6-10-17/h3-13,21H,14H2,1-2H3,(H,24,25)(H,26,27,28). The predicted octanol–water partition coefficient (Wildman–Crippen LogP) is 5.08. The number of nitrogens with zero attached hydrogens (tertiary/aromatic N) is 2. The molecule has 0 aliphatic heterocycles. The molecule has 7 heteroatoms. The fourth-order valence-corrected chi connectivity index (χ4v) is 4.17. The summed E-state index contributed by atoms with van der Waals surface area (Å²) in [4.78, 5) is 21.1. The van der Waals surface area contributed by atoms with Gasteiger partial charge in [-0.2, -0.15) is 0 Å². The van der Waals surface area contributed by atoms with Crippen molar-refractivity contribution >= 4 is 23.5 Å². The average Bonchev–Trinajstić information content (AvgIpc) is 3.32. The summed E-state index contributed by atoms with van der Waals surface area (Å²) < 4.78 is 5.05. The van der Waals surface area contributed by atoms with Gasteiger partial charge in [0.25, 0.3) is 0 Å². The Kier molecular flexibility index (Phi) is 5.99. The van der Waals surface area contributed by atoms with E-state index in [4.69, 9.17) is 9.51 Å². The van der Waals surface area contributed by atoms with Crippen LogP contribution < -0.4 is 5.32 Å². The van der Waals surface area contributed by atoms with Crippen molar-refractivity contribution in [1.29, 1.82) is 0 Å². The van der Waals surface area contributed by atoms with Crippen LogP contribution in [0.4, 0.5) is 5.82 Å². The highest BCUT2D eigenvalue weighted by Crippen LogP contribution is 2.35. The van der Waals surface area contributed by atoms with Crippen LogP contribution in [0.2, 0.25) is 0 Å². The molecule has 1 unspecified atom stereocenters. The fraction of sp³-hybridized carbons (Fsp3) is 0.174. The Bertz CT molecular complexity index is 1120. The minimum Gasteiger partial charge on any atom is -0.360 e. The number of hydrogen-bond acceptors (Lipinski definition) is 5. The zero-order chi connectivity index (χ0) is 20.9. The first-order valence-electron chi connectivity index (χ1n) is 9.63. The molecule has 1 amide bonds. The molecular weight excluding hydrogens is 396 g/mol. The van der Waals surface area contributed by atoms with E-state index in [0.717, 1.165) is 23.4 Å². The Labute approximate surface area is 179 Å². The topological polar surface area (TPSA) is 83.8 Å². The lowest BCUT2D eigenvalue weighted by molar-refractivity contribution is -0.115. The molecular formula is C23H22N4O2S. The van der Waals surface area contributed by atoms with Crippen LogP contribution in [-0.2, 0) is 11.2 Å². The molecule has 0 radical (unpaired) electrons. The maximum Gasteiger partial charge on any atom is 0.243 e. The van der Waals surface area contributed by atoms with Gasteiger partial charge in [-0.05, 0) is 25.0 Å². The summed E-state index contributed by atoms with van der Waals surface area (Å²) in [6.45, 7) is 3.79. The van der Waals surface area contributed by atoms with Crippen molar-refractivity contribution in [3.63, 3.8) is 0 Å². The lowest BCUT2D eigenvalue weighted by atomic mass is 10.1. The number of aromatic nitrogens is 3. The monoisotopic (exact) mass is 418 g/mol. The number of benzene rings is 2. The number of aryl methyl sites for hydroxylation is 2. The van der Waals surface area contributed by atoms with Crippen LogP contribution in [0.3, 0.4) is 0 Å². The van der Waals surface area contributed by atoms with Crippen molar-refractivity contribution in [3.8, 4) is 0 Å². The highest BCUT2D eigenvalue weighted by molar-refractivity contribution is 8.00. The number of hydrogen-bond donors (Lipinski definition) is 2. The van der Waals surface area contributed by atoms with Gasteiger partial charge in [0, 0.05) is 18.2 Å². The first kappa shape index (κ1) is 20.0. The van der Waals surface area contributed by atoms with Gasteiger partial charge in [-0.1, -0.05) is 77.6 Å². The summed E-state index contributed by atoms with van der Waals surface area (Å²) in [7, 11) is 0. The van der Waals surface area contributed by atoms with Gasteiger partial charge in [-0.25, -0.2) is 4.98 Å². The Morgan fingerprint density at radius 3 is 2.47 bits per heavy atom. The smallest absolute Gasteiger partial charge is 0.243 e. The second kappa shape index (κ2) is 9.00. The SMILES string of the molecule is Cc1cc(NC(=O)C(Sc2nc(Cc3ccccc3)c(C)[nH]2)c2ccccc2)no1. The summed E-state index contributed by atoms with van der Waals surface area (Å²) in [5.41, 5.74) is 4.06. The van der Waals surface area contributed by atoms with Crippen molar-refractivity contribution in [2.45, 2.75) is 30.7 Å². The van der Waals surface area contributed by atoms with Crippen molar-refractivity contribution < 1.29 is 9.32 Å². The second-order valence-electron chi connectivity index (χ2n) is 7.00. The molecule has 0 saturated carbocycles. The Hall–Kier alpha value is -3.32. The van der Waals surface area contributed by atoms with Crippen LogP contribution in [0.1, 0.15) is 33.5 Å². The van der Waals surface area contributed by atoms with Gasteiger partial charge in [0.2, 0.25) is 5.91 Å². The molecule has 0 saturated heterocycles. The summed E-state index contributed by atoms with van der Waals surface area (Å²) in [6.07, 6.45) is 0.740. The molecule has 2 N–H and O–H groups in total. The van der Waals surface area contributed by atoms with Crippen LogP contribution in [0.25, 0.3) is 0 Å². The number of carbonyl (C=O) groups is 1. The number of rotatable bonds is 7. The van der Waals surface area contributed by atoms with Gasteiger partial charge in [-0.3, -0.25) is 4.79 Å². The highest BCUT2D eigenvalue weighted by atomic mass is 32.2. The van der Waals surface area contributed by atoms with E-state index in [0.29, 0.717) is 16.7 Å². The molecule has 2 aromatic heterocycles. The summed E-state index contributed by atoms with van der Waals surface area (Å²) >= 11 is 1.38. The number of thioether (sulfide) groups is 1. The van der Waals surface area contributed by atoms with Crippen molar-refractivity contribution in [3.05, 3.63) is 95.0 Å². The Morgan fingerprint density at radius 2 is 1.80 bits per heavy atom. The van der Waals surface area contributed by atoms with Crippen LogP contribution >= 0.6 is 11.8 Å². The van der Waals surface area contributed by atoms with E-state index in [1.165, 1.54) is 17.3 Å². The number of anilines is 1. The molecule has 152 valence electrons. The average molecular weight is 419 g/mol. The minimum atomic E-state index is -0.488. The van der Waals surface area contributed by atoms with Crippen LogP contribution in [0, 0.1) is 13.8 Å². The second-order valence-corrected chi connectivity index (χ2v) is 8.09. The van der Waals surface area contributed by atoms with Crippen LogP contribution in [0.5, 0.6) is 0 Å². The largest absolute Gasteiger partial charge is 0.360 e. The first-order valence-corrected chi connectivity index (χ1v) is 10.5. The molecule has 0 spiro atoms. The zero-order valence-electron chi connectivity index (χ0n) is 16.8. The number of nitrogens with one attached hydrogen (secondary N) is 2. The molecule has 2 heterocycles. The maximum atomic E-state index is 13.1. The lowest BCUT2D eigenvalue weighted by Gasteiger charge is -2.14. The van der Waals surface area contributed by atoms with Gasteiger partial charge < -0.3 is 14.8 Å². The van der Waals surface area contributed by atoms with Gasteiger partial charge in [0.15, 0.2) is 11.0 Å². The molecule has 0 aliphatic carbocycles. The van der Waals surface area contributed by atoms with E-state index >= 15 is 0 Å². The first-order chi connectivity index (χ1) is 14.6. The van der Waals surface area contributed by atoms with E-state index in [1.54, 1.807) is 13.0 Å². The van der Waals surface area contributed by atoms with Gasteiger partial charge in [-0.15, -0.1) is 0 Å². The van der Waals surface area contributed by atoms with Gasteiger partial charge in [0.05, 0.1) is 5.69 Å². The van der Waals surface area contributed by atoms with E-state index in [-0.39, 0.29) is 5.91 Å². The minimum absolute atomic E-state index is 0.182. The number of imidazole rings is 1. The normalized spacial score (nSPS) is 11.9. The summed E-state index contributed by atoms with van der Waals surface area (Å²) in [5.74, 6) is 0.860. The number of amides is 1. The molecule has 1 atom stereocenters. The Morgan fingerprint density at radius 1 is 1.10 bits per heavy atom. The van der Waals surface area contributed by atoms with Crippen molar-refractivity contribution in [2.75, 3.05) is 5.32 Å². The maximum absolute atomic E-state index is 13.1. The number of carbonyl (C=O) groups excluding carboxylic acids is 1. The summed E-state index contributed by atoms with van der Waals surface area (Å²) in [6, 6.07) is 21.6. The van der Waals surface area contributed by atoms with Crippen molar-refractivity contribution in [2.24, 2.45) is 0 Å². The molecule has 0 aliphatic rings. The van der Waals surface area contributed by atoms with Gasteiger partial charge >= 0.3 is 0 Å². The fourth-order valence-electron chi connectivity index (χ4n) is 3.11. The third-order valence-corrected chi connectivity index (χ3v) is 5.77. The predicted molar refractivity (Wildman–Crippen MR) is 117 cm³/mol. The zero-order valence-corrected chi connectivity index (χ0v) is 17.6. The van der Waals surface area contributed by atoms with E-state index in [1.807, 2.05) is 55.5 Å². The Balaban J connectivity index is 1.56. The lowest BCUT2D eigenvalue weighted by Crippen LogP contribution is -2.19. The molecule has 6 nitrogen and oxygen atoms in total. The molecule has 4 aromatic rings.